The van der Waals surface area contributed by atoms with Crippen molar-refractivity contribution in [2.24, 2.45) is 11.8 Å². The molecule has 3 saturated heterocycles. The van der Waals surface area contributed by atoms with E-state index < -0.39 is 33.4 Å². The van der Waals surface area contributed by atoms with Crippen molar-refractivity contribution in [1.82, 2.24) is 4.90 Å². The van der Waals surface area contributed by atoms with Crippen LogP contribution in [0.1, 0.15) is 32.3 Å². The van der Waals surface area contributed by atoms with Crippen molar-refractivity contribution in [3.05, 3.63) is 84.4 Å². The lowest BCUT2D eigenvalue weighted by Crippen LogP contribution is -2.55. The summed E-state index contributed by atoms with van der Waals surface area (Å²) >= 11 is 1.60. The number of thioether (sulfide) groups is 1. The van der Waals surface area contributed by atoms with Gasteiger partial charge in [0.15, 0.2) is 0 Å². The second-order valence-corrected chi connectivity index (χ2v) is 14.1. The normalized spacial score (nSPS) is 27.2. The molecule has 3 aromatic rings. The lowest BCUT2D eigenvalue weighted by molar-refractivity contribution is -0.141. The van der Waals surface area contributed by atoms with Crippen LogP contribution in [0.5, 0.6) is 11.5 Å². The summed E-state index contributed by atoms with van der Waals surface area (Å²) < 4.78 is 9.44. The van der Waals surface area contributed by atoms with Crippen LogP contribution in [0.25, 0.3) is 0 Å². The Bertz CT molecular complexity index is 1550. The first-order valence-corrected chi connectivity index (χ1v) is 16.2. The Balaban J connectivity index is 1.35. The molecule has 3 amide bonds. The van der Waals surface area contributed by atoms with E-state index in [1.807, 2.05) is 44.2 Å². The highest BCUT2D eigenvalue weighted by Crippen LogP contribution is 2.71. The van der Waals surface area contributed by atoms with E-state index >= 15 is 0 Å². The standard InChI is InChI=1S/C35H39N3O6S/c1-4-44-27-16-12-23(13-17-27)36-31(40)28-29-33(42)38(25(21-39)20-22-8-6-5-7-9-22)30(35(29)19-18-34(28,2)45-35)32(41)37-24-10-14-26(43-3)15-11-24/h5-17,25,28-30,39H,4,18-21H2,1-3H3,(H,36,40)(H,37,41)/t25-,28+,29+,30?,34-,35?/m1/s1. The monoisotopic (exact) mass is 629 g/mol. The maximum atomic E-state index is 14.6. The number of nitrogens with one attached hydrogen (secondary N) is 2. The van der Waals surface area contributed by atoms with E-state index in [2.05, 4.69) is 10.6 Å². The van der Waals surface area contributed by atoms with E-state index in [-0.39, 0.29) is 24.3 Å². The van der Waals surface area contributed by atoms with Crippen molar-refractivity contribution in [2.45, 2.75) is 54.7 Å². The fraction of sp³-hybridized carbons (Fsp3) is 0.400. The Morgan fingerprint density at radius 3 is 2.18 bits per heavy atom. The molecule has 2 unspecified atom stereocenters. The van der Waals surface area contributed by atoms with Gasteiger partial charge in [-0.05, 0) is 87.2 Å². The summed E-state index contributed by atoms with van der Waals surface area (Å²) in [6, 6.07) is 22.3. The predicted octanol–water partition coefficient (Wildman–Crippen LogP) is 4.76. The molecule has 3 aliphatic rings. The first-order chi connectivity index (χ1) is 21.7. The molecule has 3 heterocycles. The maximum absolute atomic E-state index is 14.6. The molecular formula is C35H39N3O6S. The minimum absolute atomic E-state index is 0.242. The van der Waals surface area contributed by atoms with E-state index in [1.165, 1.54) is 0 Å². The number of rotatable bonds is 11. The van der Waals surface area contributed by atoms with E-state index in [9.17, 15) is 19.5 Å². The van der Waals surface area contributed by atoms with Gasteiger partial charge in [-0.25, -0.2) is 0 Å². The molecule has 3 aliphatic heterocycles. The van der Waals surface area contributed by atoms with Crippen LogP contribution in [0.2, 0.25) is 0 Å². The SMILES string of the molecule is CCOc1ccc(NC(=O)[C@@H]2[C@H]3C(=O)N([C@@H](CO)Cc4ccccc4)C(C(=O)Nc4ccc(OC)cc4)C34CC[C@@]2(C)S4)cc1. The highest BCUT2D eigenvalue weighted by atomic mass is 32.2. The number of carbonyl (C=O) groups excluding carboxylic acids is 3. The molecule has 0 aromatic heterocycles. The highest BCUT2D eigenvalue weighted by Gasteiger charge is 2.77. The second-order valence-electron chi connectivity index (χ2n) is 12.2. The number of aliphatic hydroxyl groups excluding tert-OH is 1. The van der Waals surface area contributed by atoms with Gasteiger partial charge in [-0.3, -0.25) is 14.4 Å². The van der Waals surface area contributed by atoms with Crippen LogP contribution >= 0.6 is 11.8 Å². The van der Waals surface area contributed by atoms with Gasteiger partial charge in [0.25, 0.3) is 0 Å². The van der Waals surface area contributed by atoms with Gasteiger partial charge in [-0.2, -0.15) is 0 Å². The summed E-state index contributed by atoms with van der Waals surface area (Å²) in [6.07, 6.45) is 1.67. The van der Waals surface area contributed by atoms with Crippen LogP contribution in [0, 0.1) is 11.8 Å². The molecule has 236 valence electrons. The van der Waals surface area contributed by atoms with Crippen molar-refractivity contribution in [3.8, 4) is 11.5 Å². The van der Waals surface area contributed by atoms with Gasteiger partial charge in [0.1, 0.15) is 17.5 Å². The summed E-state index contributed by atoms with van der Waals surface area (Å²) in [7, 11) is 1.58. The van der Waals surface area contributed by atoms with Gasteiger partial charge in [0.2, 0.25) is 17.7 Å². The Kier molecular flexibility index (Phi) is 8.54. The zero-order chi connectivity index (χ0) is 31.8. The van der Waals surface area contributed by atoms with E-state index in [4.69, 9.17) is 9.47 Å². The Morgan fingerprint density at radius 1 is 0.956 bits per heavy atom. The number of anilines is 2. The molecule has 3 aromatic carbocycles. The molecule has 0 radical (unpaired) electrons. The molecular weight excluding hydrogens is 590 g/mol. The molecule has 10 heteroatoms. The average molecular weight is 630 g/mol. The molecule has 45 heavy (non-hydrogen) atoms. The number of carbonyl (C=O) groups is 3. The molecule has 2 bridgehead atoms. The van der Waals surface area contributed by atoms with Crippen molar-refractivity contribution < 1.29 is 29.0 Å². The van der Waals surface area contributed by atoms with Crippen LogP contribution in [-0.2, 0) is 20.8 Å². The molecule has 6 atom stereocenters. The minimum atomic E-state index is -0.881. The fourth-order valence-electron chi connectivity index (χ4n) is 7.50. The lowest BCUT2D eigenvalue weighted by Gasteiger charge is -2.37. The number of hydrogen-bond donors (Lipinski definition) is 3. The molecule has 6 rings (SSSR count). The summed E-state index contributed by atoms with van der Waals surface area (Å²) in [6.45, 7) is 4.17. The summed E-state index contributed by atoms with van der Waals surface area (Å²) in [5.74, 6) is -0.846. The Hall–Kier alpha value is -4.02. The molecule has 3 fully saturated rings. The Labute approximate surface area is 267 Å². The second kappa shape index (κ2) is 12.4. The molecule has 9 nitrogen and oxygen atoms in total. The first kappa shape index (κ1) is 31.0. The molecule has 1 spiro atoms. The highest BCUT2D eigenvalue weighted by molar-refractivity contribution is 8.02. The zero-order valence-corrected chi connectivity index (χ0v) is 26.5. The van der Waals surface area contributed by atoms with Gasteiger partial charge in [0.05, 0.1) is 42.9 Å². The number of hydrogen-bond acceptors (Lipinski definition) is 7. The number of likely N-dealkylation sites (tertiary alicyclic amines) is 1. The van der Waals surface area contributed by atoms with Crippen LogP contribution < -0.4 is 20.1 Å². The summed E-state index contributed by atoms with van der Waals surface area (Å²) in [4.78, 5) is 44.7. The lowest BCUT2D eigenvalue weighted by atomic mass is 9.66. The molecule has 0 saturated carbocycles. The van der Waals surface area contributed by atoms with Crippen molar-refractivity contribution in [1.29, 1.82) is 0 Å². The van der Waals surface area contributed by atoms with Gasteiger partial charge < -0.3 is 30.1 Å². The van der Waals surface area contributed by atoms with E-state index in [0.29, 0.717) is 48.7 Å². The maximum Gasteiger partial charge on any atom is 0.248 e. The zero-order valence-electron chi connectivity index (χ0n) is 25.7. The van der Waals surface area contributed by atoms with Gasteiger partial charge in [0, 0.05) is 16.1 Å². The molecule has 3 N–H and O–H groups in total. The van der Waals surface area contributed by atoms with Gasteiger partial charge in [-0.1, -0.05) is 30.3 Å². The smallest absolute Gasteiger partial charge is 0.248 e. The molecule has 0 aliphatic carbocycles. The van der Waals surface area contributed by atoms with E-state index in [1.54, 1.807) is 72.3 Å². The predicted molar refractivity (Wildman–Crippen MR) is 174 cm³/mol. The van der Waals surface area contributed by atoms with Crippen LogP contribution in [-0.4, -0.2) is 69.6 Å². The number of methoxy groups -OCH3 is 1. The Morgan fingerprint density at radius 2 is 1.58 bits per heavy atom. The van der Waals surface area contributed by atoms with Gasteiger partial charge >= 0.3 is 0 Å². The quantitative estimate of drug-likeness (QED) is 0.280. The topological polar surface area (TPSA) is 117 Å². The number of ether oxygens (including phenoxy) is 2. The number of nitrogens with zero attached hydrogens (tertiary/aromatic N) is 1. The van der Waals surface area contributed by atoms with Crippen LogP contribution in [0.4, 0.5) is 11.4 Å². The average Bonchev–Trinajstić information content (AvgIpc) is 3.62. The van der Waals surface area contributed by atoms with Crippen molar-refractivity contribution in [2.75, 3.05) is 31.0 Å². The third kappa shape index (κ3) is 5.55. The number of amides is 3. The number of benzene rings is 3. The minimum Gasteiger partial charge on any atom is -0.497 e. The van der Waals surface area contributed by atoms with Crippen LogP contribution in [0.15, 0.2) is 78.9 Å². The number of fused-ring (bicyclic) bond motifs is 1. The fourth-order valence-corrected chi connectivity index (χ4v) is 9.84. The van der Waals surface area contributed by atoms with Crippen molar-refractivity contribution in [3.63, 3.8) is 0 Å². The first-order valence-electron chi connectivity index (χ1n) is 15.4. The van der Waals surface area contributed by atoms with Crippen LogP contribution in [0.3, 0.4) is 0 Å². The summed E-state index contributed by atoms with van der Waals surface area (Å²) in [5.41, 5.74) is 2.13. The third-order valence-corrected chi connectivity index (χ3v) is 11.4. The summed E-state index contributed by atoms with van der Waals surface area (Å²) in [5, 5.41) is 16.8. The van der Waals surface area contributed by atoms with Crippen molar-refractivity contribution >= 4 is 40.9 Å². The third-order valence-electron chi connectivity index (χ3n) is 9.45. The van der Waals surface area contributed by atoms with Gasteiger partial charge in [-0.15, -0.1) is 11.8 Å². The number of aliphatic hydroxyl groups is 1. The van der Waals surface area contributed by atoms with E-state index in [0.717, 1.165) is 5.56 Å². The largest absolute Gasteiger partial charge is 0.497 e.